The van der Waals surface area contributed by atoms with Crippen molar-refractivity contribution in [3.05, 3.63) is 53.5 Å². The summed E-state index contributed by atoms with van der Waals surface area (Å²) >= 11 is 0. The highest BCUT2D eigenvalue weighted by atomic mass is 19.4. The molecule has 1 heterocycles. The van der Waals surface area contributed by atoms with E-state index in [0.717, 1.165) is 12.3 Å². The van der Waals surface area contributed by atoms with Crippen LogP contribution >= 0.6 is 0 Å². The predicted molar refractivity (Wildman–Crippen MR) is 64.0 cm³/mol. The molecule has 0 saturated carbocycles. The SMILES string of the molecule is N#CCc1cc(-c2ccccc2C(F)(F)F)ncc1F. The summed E-state index contributed by atoms with van der Waals surface area (Å²) in [5, 5.41) is 8.57. The molecule has 0 bridgehead atoms. The van der Waals surface area contributed by atoms with Crippen LogP contribution in [0.25, 0.3) is 11.3 Å². The molecule has 20 heavy (non-hydrogen) atoms. The van der Waals surface area contributed by atoms with Crippen molar-refractivity contribution >= 4 is 0 Å². The zero-order chi connectivity index (χ0) is 14.8. The van der Waals surface area contributed by atoms with Crippen molar-refractivity contribution in [3.8, 4) is 17.3 Å². The van der Waals surface area contributed by atoms with Gasteiger partial charge in [-0.05, 0) is 12.1 Å². The fraction of sp³-hybridized carbons (Fsp3) is 0.143. The van der Waals surface area contributed by atoms with E-state index in [9.17, 15) is 17.6 Å². The Hall–Kier alpha value is -2.42. The Bertz CT molecular complexity index is 672. The fourth-order valence-electron chi connectivity index (χ4n) is 1.80. The van der Waals surface area contributed by atoms with Crippen LogP contribution in [0.1, 0.15) is 11.1 Å². The molecule has 2 aromatic rings. The summed E-state index contributed by atoms with van der Waals surface area (Å²) in [5.74, 6) is -0.709. The average Bonchev–Trinajstić information content (AvgIpc) is 2.41. The fourth-order valence-corrected chi connectivity index (χ4v) is 1.80. The highest BCUT2D eigenvalue weighted by molar-refractivity contribution is 5.65. The smallest absolute Gasteiger partial charge is 0.253 e. The summed E-state index contributed by atoms with van der Waals surface area (Å²) < 4.78 is 52.1. The van der Waals surface area contributed by atoms with E-state index in [1.54, 1.807) is 6.07 Å². The number of aromatic nitrogens is 1. The van der Waals surface area contributed by atoms with E-state index in [-0.39, 0.29) is 23.2 Å². The van der Waals surface area contributed by atoms with E-state index >= 15 is 0 Å². The van der Waals surface area contributed by atoms with Gasteiger partial charge in [0.2, 0.25) is 0 Å². The summed E-state index contributed by atoms with van der Waals surface area (Å²) in [4.78, 5) is 3.68. The molecular weight excluding hydrogens is 272 g/mol. The molecule has 1 aromatic carbocycles. The van der Waals surface area contributed by atoms with Gasteiger partial charge < -0.3 is 0 Å². The standard InChI is InChI=1S/C14H8F4N2/c15-12-8-20-13(7-9(12)5-6-19)10-3-1-2-4-11(10)14(16,17)18/h1-4,7-8H,5H2. The third-order valence-electron chi connectivity index (χ3n) is 2.71. The van der Waals surface area contributed by atoms with Crippen molar-refractivity contribution in [2.24, 2.45) is 0 Å². The van der Waals surface area contributed by atoms with E-state index in [1.165, 1.54) is 24.3 Å². The van der Waals surface area contributed by atoms with Crippen molar-refractivity contribution in [3.63, 3.8) is 0 Å². The molecule has 1 aromatic heterocycles. The van der Waals surface area contributed by atoms with Gasteiger partial charge in [0.05, 0.1) is 29.9 Å². The first-order valence-corrected chi connectivity index (χ1v) is 5.61. The minimum atomic E-state index is -4.53. The molecule has 0 aliphatic rings. The van der Waals surface area contributed by atoms with Gasteiger partial charge in [-0.15, -0.1) is 0 Å². The molecule has 2 nitrogen and oxygen atoms in total. The van der Waals surface area contributed by atoms with E-state index in [1.807, 2.05) is 0 Å². The van der Waals surface area contributed by atoms with Gasteiger partial charge in [0.1, 0.15) is 5.82 Å². The highest BCUT2D eigenvalue weighted by Crippen LogP contribution is 2.36. The highest BCUT2D eigenvalue weighted by Gasteiger charge is 2.33. The van der Waals surface area contributed by atoms with Crippen molar-refractivity contribution in [2.75, 3.05) is 0 Å². The molecule has 0 fully saturated rings. The quantitative estimate of drug-likeness (QED) is 0.780. The molecule has 0 spiro atoms. The van der Waals surface area contributed by atoms with E-state index in [4.69, 9.17) is 5.26 Å². The first-order chi connectivity index (χ1) is 9.43. The molecule has 0 aliphatic heterocycles. The third kappa shape index (κ3) is 2.77. The van der Waals surface area contributed by atoms with Gasteiger partial charge in [0, 0.05) is 11.1 Å². The van der Waals surface area contributed by atoms with Crippen molar-refractivity contribution in [2.45, 2.75) is 12.6 Å². The lowest BCUT2D eigenvalue weighted by molar-refractivity contribution is -0.137. The average molecular weight is 280 g/mol. The van der Waals surface area contributed by atoms with Crippen LogP contribution in [0.2, 0.25) is 0 Å². The molecule has 0 amide bonds. The Kier molecular flexibility index (Phi) is 3.70. The van der Waals surface area contributed by atoms with E-state index < -0.39 is 17.6 Å². The van der Waals surface area contributed by atoms with Gasteiger partial charge in [-0.3, -0.25) is 4.98 Å². The normalized spacial score (nSPS) is 11.2. The zero-order valence-electron chi connectivity index (χ0n) is 10.1. The van der Waals surface area contributed by atoms with Crippen LogP contribution in [-0.4, -0.2) is 4.98 Å². The third-order valence-corrected chi connectivity index (χ3v) is 2.71. The maximum absolute atomic E-state index is 13.4. The zero-order valence-corrected chi connectivity index (χ0v) is 10.1. The Morgan fingerprint density at radius 1 is 1.20 bits per heavy atom. The second-order valence-corrected chi connectivity index (χ2v) is 4.04. The number of hydrogen-bond donors (Lipinski definition) is 0. The second-order valence-electron chi connectivity index (χ2n) is 4.04. The van der Waals surface area contributed by atoms with Crippen LogP contribution in [0.5, 0.6) is 0 Å². The first kappa shape index (κ1) is 14.0. The summed E-state index contributed by atoms with van der Waals surface area (Å²) in [6.07, 6.45) is -3.92. The molecule has 6 heteroatoms. The summed E-state index contributed by atoms with van der Waals surface area (Å²) in [7, 11) is 0. The number of nitriles is 1. The molecule has 0 unspecified atom stereocenters. The molecule has 0 aliphatic carbocycles. The molecule has 0 radical (unpaired) electrons. The minimum Gasteiger partial charge on any atom is -0.253 e. The maximum Gasteiger partial charge on any atom is 0.417 e. The number of benzene rings is 1. The molecule has 2 rings (SSSR count). The van der Waals surface area contributed by atoms with Crippen LogP contribution in [0, 0.1) is 17.1 Å². The molecule has 0 saturated heterocycles. The van der Waals surface area contributed by atoms with Gasteiger partial charge in [-0.2, -0.15) is 18.4 Å². The topological polar surface area (TPSA) is 36.7 Å². The first-order valence-electron chi connectivity index (χ1n) is 5.61. The van der Waals surface area contributed by atoms with E-state index in [2.05, 4.69) is 4.98 Å². The van der Waals surface area contributed by atoms with Crippen molar-refractivity contribution in [1.29, 1.82) is 5.26 Å². The Morgan fingerprint density at radius 2 is 1.90 bits per heavy atom. The van der Waals surface area contributed by atoms with Crippen LogP contribution in [0.4, 0.5) is 17.6 Å². The monoisotopic (exact) mass is 280 g/mol. The lowest BCUT2D eigenvalue weighted by Crippen LogP contribution is -2.07. The predicted octanol–water partition coefficient (Wildman–Crippen LogP) is 3.97. The van der Waals surface area contributed by atoms with Crippen LogP contribution in [-0.2, 0) is 12.6 Å². The molecule has 0 atom stereocenters. The maximum atomic E-state index is 13.4. The molecular formula is C14H8F4N2. The van der Waals surface area contributed by atoms with Gasteiger partial charge in [-0.1, -0.05) is 18.2 Å². The number of alkyl halides is 3. The summed E-state index contributed by atoms with van der Waals surface area (Å²) in [6.45, 7) is 0. The van der Waals surface area contributed by atoms with Gasteiger partial charge in [-0.25, -0.2) is 4.39 Å². The molecule has 0 N–H and O–H groups in total. The van der Waals surface area contributed by atoms with Crippen molar-refractivity contribution < 1.29 is 17.6 Å². The van der Waals surface area contributed by atoms with Gasteiger partial charge in [0.25, 0.3) is 0 Å². The number of hydrogen-bond acceptors (Lipinski definition) is 2. The lowest BCUT2D eigenvalue weighted by Gasteiger charge is -2.12. The van der Waals surface area contributed by atoms with E-state index in [0.29, 0.717) is 0 Å². The van der Waals surface area contributed by atoms with Gasteiger partial charge in [0.15, 0.2) is 0 Å². The minimum absolute atomic E-state index is 0.00965. The largest absolute Gasteiger partial charge is 0.417 e. The molecule has 102 valence electrons. The second kappa shape index (κ2) is 5.29. The summed E-state index contributed by atoms with van der Waals surface area (Å²) in [6, 6.07) is 7.84. The van der Waals surface area contributed by atoms with Crippen LogP contribution in [0.3, 0.4) is 0 Å². The number of pyridine rings is 1. The summed E-state index contributed by atoms with van der Waals surface area (Å²) in [5.41, 5.74) is -0.972. The van der Waals surface area contributed by atoms with Crippen molar-refractivity contribution in [1.82, 2.24) is 4.98 Å². The van der Waals surface area contributed by atoms with Crippen LogP contribution in [0.15, 0.2) is 36.5 Å². The Morgan fingerprint density at radius 3 is 2.55 bits per heavy atom. The number of rotatable bonds is 2. The van der Waals surface area contributed by atoms with Gasteiger partial charge >= 0.3 is 6.18 Å². The van der Waals surface area contributed by atoms with Crippen LogP contribution < -0.4 is 0 Å². The Labute approximate surface area is 112 Å². The Balaban J connectivity index is 2.58. The lowest BCUT2D eigenvalue weighted by atomic mass is 10.0. The number of nitrogens with zero attached hydrogens (tertiary/aromatic N) is 2. The number of halogens is 4.